The molecule has 1 aliphatic carbocycles. The van der Waals surface area contributed by atoms with Crippen LogP contribution in [0.5, 0.6) is 5.75 Å². The SMILES string of the molecule is COc1cc(Br)cc2cc(C(=O)N[C@@H]3CCCC[C@H]3C)c(=O)oc12. The number of hydrogen-bond donors (Lipinski definition) is 1. The van der Waals surface area contributed by atoms with Crippen molar-refractivity contribution in [1.82, 2.24) is 5.32 Å². The van der Waals surface area contributed by atoms with Gasteiger partial charge in [0.1, 0.15) is 5.56 Å². The lowest BCUT2D eigenvalue weighted by Gasteiger charge is -2.29. The molecule has 0 radical (unpaired) electrons. The first kappa shape index (κ1) is 17.0. The van der Waals surface area contributed by atoms with Gasteiger partial charge in [-0.15, -0.1) is 0 Å². The molecule has 0 bridgehead atoms. The van der Waals surface area contributed by atoms with Crippen molar-refractivity contribution in [1.29, 1.82) is 0 Å². The van der Waals surface area contributed by atoms with E-state index in [1.165, 1.54) is 13.5 Å². The second-order valence-electron chi connectivity index (χ2n) is 6.32. The second kappa shape index (κ2) is 6.97. The van der Waals surface area contributed by atoms with E-state index in [9.17, 15) is 9.59 Å². The van der Waals surface area contributed by atoms with E-state index in [-0.39, 0.29) is 17.5 Å². The number of ether oxygens (including phenoxy) is 1. The second-order valence-corrected chi connectivity index (χ2v) is 7.23. The summed E-state index contributed by atoms with van der Waals surface area (Å²) in [5, 5.41) is 3.63. The fourth-order valence-electron chi connectivity index (χ4n) is 3.25. The van der Waals surface area contributed by atoms with E-state index in [2.05, 4.69) is 28.2 Å². The predicted octanol–water partition coefficient (Wildman–Crippen LogP) is 3.87. The third kappa shape index (κ3) is 3.34. The average Bonchev–Trinajstić information content (AvgIpc) is 2.56. The van der Waals surface area contributed by atoms with Crippen LogP contribution in [-0.2, 0) is 0 Å². The third-order valence-corrected chi connectivity index (χ3v) is 5.11. The first-order valence-electron chi connectivity index (χ1n) is 8.12. The molecule has 128 valence electrons. The topological polar surface area (TPSA) is 68.5 Å². The van der Waals surface area contributed by atoms with Gasteiger partial charge in [-0.05, 0) is 37.0 Å². The number of amides is 1. The normalized spacial score (nSPS) is 20.8. The molecule has 1 saturated carbocycles. The van der Waals surface area contributed by atoms with Crippen molar-refractivity contribution in [3.8, 4) is 5.75 Å². The van der Waals surface area contributed by atoms with Crippen molar-refractivity contribution >= 4 is 32.8 Å². The molecule has 2 atom stereocenters. The first-order chi connectivity index (χ1) is 11.5. The average molecular weight is 394 g/mol. The molecule has 0 spiro atoms. The van der Waals surface area contributed by atoms with Crippen LogP contribution in [0, 0.1) is 5.92 Å². The molecule has 0 aliphatic heterocycles. The number of nitrogens with one attached hydrogen (secondary N) is 1. The fraction of sp³-hybridized carbons (Fsp3) is 0.444. The molecule has 2 aromatic rings. The molecule has 1 aromatic heterocycles. The van der Waals surface area contributed by atoms with Gasteiger partial charge in [0.15, 0.2) is 11.3 Å². The highest BCUT2D eigenvalue weighted by Crippen LogP contribution is 2.30. The molecule has 1 aromatic carbocycles. The van der Waals surface area contributed by atoms with Gasteiger partial charge in [0.25, 0.3) is 5.91 Å². The molecular formula is C18H20BrNO4. The Morgan fingerprint density at radius 2 is 2.04 bits per heavy atom. The Hall–Kier alpha value is -1.82. The Kier molecular flexibility index (Phi) is 4.94. The summed E-state index contributed by atoms with van der Waals surface area (Å²) in [6, 6.07) is 5.19. The molecule has 1 fully saturated rings. The minimum atomic E-state index is -0.649. The number of halogens is 1. The monoisotopic (exact) mass is 393 g/mol. The maximum Gasteiger partial charge on any atom is 0.349 e. The van der Waals surface area contributed by atoms with Gasteiger partial charge in [-0.2, -0.15) is 0 Å². The molecule has 1 N–H and O–H groups in total. The third-order valence-electron chi connectivity index (χ3n) is 4.66. The number of carbonyl (C=O) groups is 1. The molecule has 24 heavy (non-hydrogen) atoms. The summed E-state index contributed by atoms with van der Waals surface area (Å²) < 4.78 is 11.4. The molecule has 6 heteroatoms. The van der Waals surface area contributed by atoms with Gasteiger partial charge in [-0.3, -0.25) is 4.79 Å². The van der Waals surface area contributed by atoms with Crippen LogP contribution in [-0.4, -0.2) is 19.1 Å². The molecular weight excluding hydrogens is 374 g/mol. The van der Waals surface area contributed by atoms with Crippen LogP contribution in [0.1, 0.15) is 43.0 Å². The van der Waals surface area contributed by atoms with Crippen LogP contribution in [0.2, 0.25) is 0 Å². The lowest BCUT2D eigenvalue weighted by Crippen LogP contribution is -2.42. The summed E-state index contributed by atoms with van der Waals surface area (Å²) >= 11 is 3.39. The summed E-state index contributed by atoms with van der Waals surface area (Å²) in [5.74, 6) is 0.497. The van der Waals surface area contributed by atoms with Gasteiger partial charge >= 0.3 is 5.63 Å². The quantitative estimate of drug-likeness (QED) is 0.803. The van der Waals surface area contributed by atoms with Crippen molar-refractivity contribution in [2.75, 3.05) is 7.11 Å². The van der Waals surface area contributed by atoms with E-state index < -0.39 is 5.63 Å². The number of hydrogen-bond acceptors (Lipinski definition) is 4. The van der Waals surface area contributed by atoms with Gasteiger partial charge in [0, 0.05) is 15.9 Å². The Labute approximate surface area is 148 Å². The van der Waals surface area contributed by atoms with Crippen molar-refractivity contribution in [3.05, 3.63) is 38.7 Å². The predicted molar refractivity (Wildman–Crippen MR) is 95.6 cm³/mol. The van der Waals surface area contributed by atoms with Crippen LogP contribution in [0.3, 0.4) is 0 Å². The molecule has 0 unspecified atom stereocenters. The molecule has 1 amide bonds. The maximum absolute atomic E-state index is 12.5. The minimum Gasteiger partial charge on any atom is -0.493 e. The van der Waals surface area contributed by atoms with E-state index in [0.717, 1.165) is 23.7 Å². The summed E-state index contributed by atoms with van der Waals surface area (Å²) in [4.78, 5) is 24.8. The highest BCUT2D eigenvalue weighted by molar-refractivity contribution is 9.10. The summed E-state index contributed by atoms with van der Waals surface area (Å²) in [6.45, 7) is 2.13. The summed E-state index contributed by atoms with van der Waals surface area (Å²) in [6.07, 6.45) is 4.35. The largest absolute Gasteiger partial charge is 0.493 e. The fourth-order valence-corrected chi connectivity index (χ4v) is 3.71. The van der Waals surface area contributed by atoms with E-state index in [4.69, 9.17) is 9.15 Å². The number of fused-ring (bicyclic) bond motifs is 1. The van der Waals surface area contributed by atoms with Crippen molar-refractivity contribution < 1.29 is 13.9 Å². The van der Waals surface area contributed by atoms with Crippen LogP contribution < -0.4 is 15.7 Å². The van der Waals surface area contributed by atoms with Gasteiger partial charge in [0.05, 0.1) is 7.11 Å². The van der Waals surface area contributed by atoms with Crippen molar-refractivity contribution in [3.63, 3.8) is 0 Å². The maximum atomic E-state index is 12.5. The Balaban J connectivity index is 1.95. The Morgan fingerprint density at radius 3 is 2.75 bits per heavy atom. The Bertz CT molecular complexity index is 830. The smallest absolute Gasteiger partial charge is 0.349 e. The summed E-state index contributed by atoms with van der Waals surface area (Å²) in [7, 11) is 1.51. The zero-order valence-corrected chi connectivity index (χ0v) is 15.3. The van der Waals surface area contributed by atoms with Crippen LogP contribution in [0.4, 0.5) is 0 Å². The van der Waals surface area contributed by atoms with Crippen LogP contribution in [0.25, 0.3) is 11.0 Å². The van der Waals surface area contributed by atoms with Crippen LogP contribution in [0.15, 0.2) is 31.9 Å². The Morgan fingerprint density at radius 1 is 1.29 bits per heavy atom. The highest BCUT2D eigenvalue weighted by Gasteiger charge is 2.25. The standard InChI is InChI=1S/C18H20BrNO4/c1-10-5-3-4-6-14(10)20-17(21)13-8-11-7-12(19)9-15(23-2)16(11)24-18(13)22/h7-10,14H,3-6H2,1-2H3,(H,20,21)/t10-,14-/m1/s1. The van der Waals surface area contributed by atoms with E-state index in [0.29, 0.717) is 22.6 Å². The molecule has 0 saturated heterocycles. The first-order valence-corrected chi connectivity index (χ1v) is 8.91. The molecule has 1 aliphatic rings. The van der Waals surface area contributed by atoms with Crippen molar-refractivity contribution in [2.45, 2.75) is 38.6 Å². The minimum absolute atomic E-state index is 0.0282. The molecule has 1 heterocycles. The van der Waals surface area contributed by atoms with E-state index in [1.807, 2.05) is 0 Å². The summed E-state index contributed by atoms with van der Waals surface area (Å²) in [5.41, 5.74) is -0.280. The lowest BCUT2D eigenvalue weighted by molar-refractivity contribution is 0.0906. The van der Waals surface area contributed by atoms with Gasteiger partial charge < -0.3 is 14.5 Å². The van der Waals surface area contributed by atoms with Crippen molar-refractivity contribution in [2.24, 2.45) is 5.92 Å². The molecule has 3 rings (SSSR count). The number of rotatable bonds is 3. The van der Waals surface area contributed by atoms with Gasteiger partial charge in [-0.1, -0.05) is 35.7 Å². The number of benzene rings is 1. The van der Waals surface area contributed by atoms with Gasteiger partial charge in [0.2, 0.25) is 0 Å². The number of methoxy groups -OCH3 is 1. The zero-order valence-electron chi connectivity index (χ0n) is 13.7. The highest BCUT2D eigenvalue weighted by atomic mass is 79.9. The van der Waals surface area contributed by atoms with E-state index in [1.54, 1.807) is 18.2 Å². The van der Waals surface area contributed by atoms with Crippen LogP contribution >= 0.6 is 15.9 Å². The number of carbonyl (C=O) groups excluding carboxylic acids is 1. The van der Waals surface area contributed by atoms with Gasteiger partial charge in [-0.25, -0.2) is 4.79 Å². The zero-order chi connectivity index (χ0) is 17.3. The van der Waals surface area contributed by atoms with E-state index >= 15 is 0 Å². The lowest BCUT2D eigenvalue weighted by atomic mass is 9.86. The molecule has 5 nitrogen and oxygen atoms in total.